The van der Waals surface area contributed by atoms with Gasteiger partial charge in [0.15, 0.2) is 0 Å². The lowest BCUT2D eigenvalue weighted by atomic mass is 10.1. The minimum atomic E-state index is -3.69. The fourth-order valence-corrected chi connectivity index (χ4v) is 3.90. The van der Waals surface area contributed by atoms with E-state index in [-0.39, 0.29) is 4.90 Å². The van der Waals surface area contributed by atoms with Gasteiger partial charge in [0, 0.05) is 6.54 Å². The smallest absolute Gasteiger partial charge is 0.261 e. The van der Waals surface area contributed by atoms with Crippen molar-refractivity contribution in [2.45, 2.75) is 18.2 Å². The largest absolute Gasteiger partial charge is 0.496 e. The van der Waals surface area contributed by atoms with Gasteiger partial charge in [-0.1, -0.05) is 30.3 Å². The molecule has 0 radical (unpaired) electrons. The number of pyridine rings is 1. The normalized spacial score (nSPS) is 11.1. The van der Waals surface area contributed by atoms with E-state index in [1.54, 1.807) is 38.3 Å². The van der Waals surface area contributed by atoms with Crippen molar-refractivity contribution < 1.29 is 13.2 Å². The Hall–Kier alpha value is -3.06. The number of nitrogens with one attached hydrogen (secondary N) is 2. The van der Waals surface area contributed by atoms with Crippen LogP contribution in [0.15, 0.2) is 71.8 Å². The number of aryl methyl sites for hydroxylation is 1. The van der Waals surface area contributed by atoms with Gasteiger partial charge in [-0.25, -0.2) is 13.4 Å². The molecule has 0 aliphatic carbocycles. The van der Waals surface area contributed by atoms with Crippen molar-refractivity contribution >= 4 is 21.5 Å². The van der Waals surface area contributed by atoms with Crippen molar-refractivity contribution in [3.63, 3.8) is 0 Å². The lowest BCUT2D eigenvalue weighted by molar-refractivity contribution is 0.411. The zero-order valence-electron chi connectivity index (χ0n) is 15.8. The van der Waals surface area contributed by atoms with Crippen LogP contribution in [0, 0.1) is 6.92 Å². The van der Waals surface area contributed by atoms with Gasteiger partial charge in [-0.15, -0.1) is 0 Å². The summed E-state index contributed by atoms with van der Waals surface area (Å²) >= 11 is 0. The third-order valence-corrected chi connectivity index (χ3v) is 5.63. The molecule has 0 spiro atoms. The fraction of sp³-hybridized carbons (Fsp3) is 0.190. The summed E-state index contributed by atoms with van der Waals surface area (Å²) in [6.45, 7) is 2.54. The Morgan fingerprint density at radius 1 is 1.04 bits per heavy atom. The molecule has 0 aliphatic heterocycles. The molecular weight excluding hydrogens is 374 g/mol. The van der Waals surface area contributed by atoms with Crippen LogP contribution in [0.1, 0.15) is 11.1 Å². The van der Waals surface area contributed by atoms with Crippen LogP contribution in [-0.4, -0.2) is 27.1 Å². The molecule has 1 heterocycles. The van der Waals surface area contributed by atoms with Crippen LogP contribution >= 0.6 is 0 Å². The van der Waals surface area contributed by atoms with Crippen molar-refractivity contribution in [3.05, 3.63) is 78.0 Å². The highest BCUT2D eigenvalue weighted by Crippen LogP contribution is 2.23. The third-order valence-electron chi connectivity index (χ3n) is 4.25. The van der Waals surface area contributed by atoms with Crippen molar-refractivity contribution in [2.75, 3.05) is 23.7 Å². The molecule has 0 bridgehead atoms. The van der Waals surface area contributed by atoms with Gasteiger partial charge in [-0.2, -0.15) is 0 Å². The van der Waals surface area contributed by atoms with Crippen molar-refractivity contribution in [3.8, 4) is 5.75 Å². The molecule has 0 aliphatic rings. The molecule has 0 fully saturated rings. The standard InChI is InChI=1S/C21H23N3O3S/c1-16-14-19(9-10-20(16)27-2)28(25,26)24-18-8-11-21(23-15-18)22-13-12-17-6-4-3-5-7-17/h3-11,14-15,24H,12-13H2,1-2H3,(H,22,23). The Balaban J connectivity index is 1.60. The quantitative estimate of drug-likeness (QED) is 0.603. The lowest BCUT2D eigenvalue weighted by Crippen LogP contribution is -2.13. The number of ether oxygens (including phenoxy) is 1. The zero-order chi connectivity index (χ0) is 20.0. The fourth-order valence-electron chi connectivity index (χ4n) is 2.77. The van der Waals surface area contributed by atoms with Crippen LogP contribution in [0.2, 0.25) is 0 Å². The van der Waals surface area contributed by atoms with Gasteiger partial charge >= 0.3 is 0 Å². The first-order valence-electron chi connectivity index (χ1n) is 8.89. The molecule has 28 heavy (non-hydrogen) atoms. The van der Waals surface area contributed by atoms with Gasteiger partial charge in [0.2, 0.25) is 0 Å². The number of aromatic nitrogens is 1. The Kier molecular flexibility index (Phi) is 6.16. The molecule has 3 aromatic rings. The van der Waals surface area contributed by atoms with E-state index in [1.165, 1.54) is 17.8 Å². The van der Waals surface area contributed by atoms with E-state index in [0.717, 1.165) is 18.5 Å². The van der Waals surface area contributed by atoms with Crippen molar-refractivity contribution in [2.24, 2.45) is 0 Å². The first-order chi connectivity index (χ1) is 13.5. The Morgan fingerprint density at radius 3 is 2.46 bits per heavy atom. The molecule has 2 aromatic carbocycles. The predicted molar refractivity (Wildman–Crippen MR) is 111 cm³/mol. The molecule has 0 saturated heterocycles. The summed E-state index contributed by atoms with van der Waals surface area (Å²) in [4.78, 5) is 4.45. The molecule has 0 atom stereocenters. The van der Waals surface area contributed by atoms with Crippen LogP contribution in [-0.2, 0) is 16.4 Å². The second-order valence-electron chi connectivity index (χ2n) is 6.33. The van der Waals surface area contributed by atoms with E-state index < -0.39 is 10.0 Å². The average molecular weight is 398 g/mol. The van der Waals surface area contributed by atoms with Crippen LogP contribution in [0.25, 0.3) is 0 Å². The molecule has 6 nitrogen and oxygen atoms in total. The summed E-state index contributed by atoms with van der Waals surface area (Å²) in [5.74, 6) is 1.34. The van der Waals surface area contributed by atoms with Crippen LogP contribution in [0.4, 0.5) is 11.5 Å². The van der Waals surface area contributed by atoms with Crippen molar-refractivity contribution in [1.82, 2.24) is 4.98 Å². The third kappa shape index (κ3) is 5.01. The second kappa shape index (κ2) is 8.75. The Bertz CT molecular complexity index is 1020. The van der Waals surface area contributed by atoms with Gasteiger partial charge in [0.05, 0.1) is 23.9 Å². The average Bonchev–Trinajstić information content (AvgIpc) is 2.70. The number of hydrogen-bond acceptors (Lipinski definition) is 5. The summed E-state index contributed by atoms with van der Waals surface area (Å²) in [6, 6.07) is 18.3. The second-order valence-corrected chi connectivity index (χ2v) is 8.01. The Morgan fingerprint density at radius 2 is 1.82 bits per heavy atom. The summed E-state index contributed by atoms with van der Waals surface area (Å²) in [5, 5.41) is 3.23. The highest BCUT2D eigenvalue weighted by Gasteiger charge is 2.15. The molecule has 0 unspecified atom stereocenters. The summed E-state index contributed by atoms with van der Waals surface area (Å²) in [6.07, 6.45) is 2.38. The maximum Gasteiger partial charge on any atom is 0.261 e. The molecule has 146 valence electrons. The molecular formula is C21H23N3O3S. The number of benzene rings is 2. The topological polar surface area (TPSA) is 80.3 Å². The van der Waals surface area contributed by atoms with E-state index in [9.17, 15) is 8.42 Å². The van der Waals surface area contributed by atoms with Crippen molar-refractivity contribution in [1.29, 1.82) is 0 Å². The zero-order valence-corrected chi connectivity index (χ0v) is 16.7. The number of hydrogen-bond donors (Lipinski definition) is 2. The number of nitrogens with zero attached hydrogens (tertiary/aromatic N) is 1. The minimum absolute atomic E-state index is 0.177. The van der Waals surface area contributed by atoms with Crippen LogP contribution < -0.4 is 14.8 Å². The first kappa shape index (κ1) is 19.7. The summed E-state index contributed by atoms with van der Waals surface area (Å²) < 4.78 is 32.9. The highest BCUT2D eigenvalue weighted by atomic mass is 32.2. The lowest BCUT2D eigenvalue weighted by Gasteiger charge is -2.11. The SMILES string of the molecule is COc1ccc(S(=O)(=O)Nc2ccc(NCCc3ccccc3)nc2)cc1C. The first-order valence-corrected chi connectivity index (χ1v) is 10.4. The Labute approximate surface area is 165 Å². The van der Waals surface area contributed by atoms with Gasteiger partial charge in [0.1, 0.15) is 11.6 Å². The van der Waals surface area contributed by atoms with E-state index in [0.29, 0.717) is 17.3 Å². The molecule has 0 saturated carbocycles. The number of sulfonamides is 1. The van der Waals surface area contributed by atoms with E-state index in [4.69, 9.17) is 4.74 Å². The van der Waals surface area contributed by atoms with Gasteiger partial charge in [-0.05, 0) is 54.8 Å². The number of methoxy groups -OCH3 is 1. The van der Waals surface area contributed by atoms with E-state index in [2.05, 4.69) is 27.2 Å². The van der Waals surface area contributed by atoms with Gasteiger partial charge < -0.3 is 10.1 Å². The van der Waals surface area contributed by atoms with Crippen LogP contribution in [0.3, 0.4) is 0 Å². The molecule has 3 rings (SSSR count). The summed E-state index contributed by atoms with van der Waals surface area (Å²) in [7, 11) is -2.14. The number of anilines is 2. The van der Waals surface area contributed by atoms with Crippen LogP contribution in [0.5, 0.6) is 5.75 Å². The minimum Gasteiger partial charge on any atom is -0.496 e. The van der Waals surface area contributed by atoms with Gasteiger partial charge in [-0.3, -0.25) is 4.72 Å². The maximum absolute atomic E-state index is 12.6. The number of rotatable bonds is 8. The van der Waals surface area contributed by atoms with E-state index in [1.807, 2.05) is 18.2 Å². The molecule has 7 heteroatoms. The maximum atomic E-state index is 12.6. The highest BCUT2D eigenvalue weighted by molar-refractivity contribution is 7.92. The van der Waals surface area contributed by atoms with Gasteiger partial charge in [0.25, 0.3) is 10.0 Å². The molecule has 1 aromatic heterocycles. The summed E-state index contributed by atoms with van der Waals surface area (Å²) in [5.41, 5.74) is 2.40. The predicted octanol–water partition coefficient (Wildman–Crippen LogP) is 3.85. The molecule has 2 N–H and O–H groups in total. The monoisotopic (exact) mass is 397 g/mol. The van der Waals surface area contributed by atoms with E-state index >= 15 is 0 Å². The molecule has 0 amide bonds.